The van der Waals surface area contributed by atoms with Gasteiger partial charge >= 0.3 is 0 Å². The van der Waals surface area contributed by atoms with E-state index < -0.39 is 0 Å². The largest absolute Gasteiger partial charge is 0.113 e. The van der Waals surface area contributed by atoms with Crippen LogP contribution >= 0.6 is 34.8 Å². The van der Waals surface area contributed by atoms with Crippen LogP contribution in [0.25, 0.3) is 10.8 Å². The molecule has 3 rings (SSSR count). The highest BCUT2D eigenvalue weighted by Gasteiger charge is 2.17. The molecule has 0 fully saturated rings. The Hall–Kier alpha value is -1.21. The average Bonchev–Trinajstić information content (AvgIpc) is 2.49. The molecule has 3 heteroatoms. The van der Waals surface area contributed by atoms with E-state index in [1.165, 1.54) is 16.3 Å². The Morgan fingerprint density at radius 3 is 2.38 bits per heavy atom. The Morgan fingerprint density at radius 2 is 1.62 bits per heavy atom. The van der Waals surface area contributed by atoms with Crippen LogP contribution in [0.1, 0.15) is 22.1 Å². The maximum atomic E-state index is 6.74. The second-order valence-corrected chi connectivity index (χ2v) is 6.30. The van der Waals surface area contributed by atoms with Gasteiger partial charge in [-0.2, -0.15) is 0 Å². The van der Waals surface area contributed by atoms with Crippen LogP contribution < -0.4 is 0 Å². The Labute approximate surface area is 139 Å². The van der Waals surface area contributed by atoms with Gasteiger partial charge in [0.15, 0.2) is 0 Å². The molecule has 0 amide bonds. The van der Waals surface area contributed by atoms with Gasteiger partial charge < -0.3 is 0 Å². The Bertz CT molecular complexity index is 809. The first kappa shape index (κ1) is 14.7. The van der Waals surface area contributed by atoms with Crippen molar-refractivity contribution in [3.63, 3.8) is 0 Å². The summed E-state index contributed by atoms with van der Waals surface area (Å²) in [5, 5.41) is 3.16. The van der Waals surface area contributed by atoms with Crippen LogP contribution in [0.3, 0.4) is 0 Å². The zero-order chi connectivity index (χ0) is 15.0. The molecule has 0 nitrogen and oxygen atoms in total. The van der Waals surface area contributed by atoms with Gasteiger partial charge in [0.1, 0.15) is 0 Å². The average molecular weight is 336 g/mol. The summed E-state index contributed by atoms with van der Waals surface area (Å²) in [5.41, 5.74) is 3.23. The van der Waals surface area contributed by atoms with Gasteiger partial charge in [-0.1, -0.05) is 65.7 Å². The summed E-state index contributed by atoms with van der Waals surface area (Å²) in [6, 6.07) is 18.0. The van der Waals surface area contributed by atoms with Gasteiger partial charge in [0.25, 0.3) is 0 Å². The lowest BCUT2D eigenvalue weighted by atomic mass is 9.94. The first-order chi connectivity index (χ1) is 10.1. The van der Waals surface area contributed by atoms with E-state index in [9.17, 15) is 0 Å². The minimum absolute atomic E-state index is 0.258. The normalized spacial score (nSPS) is 12.6. The quantitative estimate of drug-likeness (QED) is 0.453. The van der Waals surface area contributed by atoms with Gasteiger partial charge in [-0.05, 0) is 46.5 Å². The van der Waals surface area contributed by atoms with Crippen LogP contribution in [0, 0.1) is 6.92 Å². The minimum Gasteiger partial charge on any atom is -0.113 e. The zero-order valence-electron chi connectivity index (χ0n) is 11.4. The number of alkyl halides is 1. The molecule has 0 radical (unpaired) electrons. The lowest BCUT2D eigenvalue weighted by Crippen LogP contribution is -1.98. The van der Waals surface area contributed by atoms with Gasteiger partial charge in [-0.25, -0.2) is 0 Å². The smallest absolute Gasteiger partial charge is 0.0844 e. The molecule has 3 aromatic carbocycles. The first-order valence-corrected chi connectivity index (χ1v) is 7.84. The molecule has 21 heavy (non-hydrogen) atoms. The van der Waals surface area contributed by atoms with Gasteiger partial charge in [-0.3, -0.25) is 0 Å². The second-order valence-electron chi connectivity index (χ2n) is 5.05. The summed E-state index contributed by atoms with van der Waals surface area (Å²) in [4.78, 5) is 0. The highest BCUT2D eigenvalue weighted by Crippen LogP contribution is 2.38. The fourth-order valence-corrected chi connectivity index (χ4v) is 3.31. The van der Waals surface area contributed by atoms with E-state index in [1.807, 2.05) is 24.3 Å². The number of aryl methyl sites for hydroxylation is 1. The molecule has 0 aliphatic rings. The van der Waals surface area contributed by atoms with E-state index >= 15 is 0 Å². The van der Waals surface area contributed by atoms with E-state index in [1.54, 1.807) is 6.07 Å². The molecule has 0 spiro atoms. The van der Waals surface area contributed by atoms with Crippen molar-refractivity contribution in [1.29, 1.82) is 0 Å². The van der Waals surface area contributed by atoms with Gasteiger partial charge in [0, 0.05) is 0 Å². The molecule has 0 aliphatic carbocycles. The predicted molar refractivity (Wildman–Crippen MR) is 92.8 cm³/mol. The number of hydrogen-bond donors (Lipinski definition) is 0. The molecular weight excluding hydrogens is 323 g/mol. The van der Waals surface area contributed by atoms with Crippen LogP contribution in [0.4, 0.5) is 0 Å². The summed E-state index contributed by atoms with van der Waals surface area (Å²) < 4.78 is 0. The molecule has 0 saturated heterocycles. The summed E-state index contributed by atoms with van der Waals surface area (Å²) >= 11 is 18.8. The maximum Gasteiger partial charge on any atom is 0.0844 e. The summed E-state index contributed by atoms with van der Waals surface area (Å²) in [7, 11) is 0. The Balaban J connectivity index is 2.19. The Morgan fingerprint density at radius 1 is 0.857 bits per heavy atom. The fraction of sp³-hybridized carbons (Fsp3) is 0.111. The van der Waals surface area contributed by atoms with Gasteiger partial charge in [-0.15, -0.1) is 11.6 Å². The maximum absolute atomic E-state index is 6.74. The van der Waals surface area contributed by atoms with Crippen molar-refractivity contribution in [3.05, 3.63) is 81.3 Å². The third-order valence-electron chi connectivity index (χ3n) is 3.68. The van der Waals surface area contributed by atoms with Crippen LogP contribution in [0.5, 0.6) is 0 Å². The standard InChI is InChI=1S/C18H13Cl3/c1-11-6-7-12-4-2-3-5-14(12)17(11)18(21)13-8-9-15(19)16(20)10-13/h2-10,18H,1H3. The molecule has 1 unspecified atom stereocenters. The number of halogens is 3. The number of rotatable bonds is 2. The van der Waals surface area contributed by atoms with Crippen LogP contribution in [-0.4, -0.2) is 0 Å². The van der Waals surface area contributed by atoms with Crippen LogP contribution in [-0.2, 0) is 0 Å². The van der Waals surface area contributed by atoms with E-state index in [2.05, 4.69) is 31.2 Å². The van der Waals surface area contributed by atoms with E-state index in [0.29, 0.717) is 10.0 Å². The van der Waals surface area contributed by atoms with E-state index in [4.69, 9.17) is 34.8 Å². The molecule has 0 N–H and O–H groups in total. The molecule has 0 bridgehead atoms. The molecule has 0 aromatic heterocycles. The zero-order valence-corrected chi connectivity index (χ0v) is 13.7. The third kappa shape index (κ3) is 2.76. The first-order valence-electron chi connectivity index (χ1n) is 6.65. The van der Waals surface area contributed by atoms with Crippen molar-refractivity contribution in [2.24, 2.45) is 0 Å². The second kappa shape index (κ2) is 5.88. The molecule has 0 saturated carbocycles. The van der Waals surface area contributed by atoms with Crippen molar-refractivity contribution in [1.82, 2.24) is 0 Å². The van der Waals surface area contributed by atoms with Crippen LogP contribution in [0.2, 0.25) is 10.0 Å². The lowest BCUT2D eigenvalue weighted by Gasteiger charge is -2.17. The third-order valence-corrected chi connectivity index (χ3v) is 4.89. The summed E-state index contributed by atoms with van der Waals surface area (Å²) in [6.45, 7) is 2.08. The summed E-state index contributed by atoms with van der Waals surface area (Å²) in [5.74, 6) is 0. The predicted octanol–water partition coefficient (Wildman–Crippen LogP) is 6.78. The SMILES string of the molecule is Cc1ccc2ccccc2c1C(Cl)c1ccc(Cl)c(Cl)c1. The molecule has 1 atom stereocenters. The highest BCUT2D eigenvalue weighted by atomic mass is 35.5. The van der Waals surface area contributed by atoms with Crippen molar-refractivity contribution in [2.45, 2.75) is 12.3 Å². The molecule has 0 heterocycles. The number of fused-ring (bicyclic) bond motifs is 1. The monoisotopic (exact) mass is 334 g/mol. The number of benzene rings is 3. The van der Waals surface area contributed by atoms with Crippen molar-refractivity contribution >= 4 is 45.6 Å². The van der Waals surface area contributed by atoms with Crippen molar-refractivity contribution < 1.29 is 0 Å². The fourth-order valence-electron chi connectivity index (χ4n) is 2.58. The van der Waals surface area contributed by atoms with Gasteiger partial charge in [0.2, 0.25) is 0 Å². The molecule has 106 valence electrons. The molecular formula is C18H13Cl3. The minimum atomic E-state index is -0.258. The Kier molecular flexibility index (Phi) is 4.12. The van der Waals surface area contributed by atoms with E-state index in [-0.39, 0.29) is 5.38 Å². The molecule has 3 aromatic rings. The highest BCUT2D eigenvalue weighted by molar-refractivity contribution is 6.42. The topological polar surface area (TPSA) is 0 Å². The lowest BCUT2D eigenvalue weighted by molar-refractivity contribution is 1.13. The van der Waals surface area contributed by atoms with E-state index in [0.717, 1.165) is 11.1 Å². The van der Waals surface area contributed by atoms with Gasteiger partial charge in [0.05, 0.1) is 15.4 Å². The van der Waals surface area contributed by atoms with Crippen molar-refractivity contribution in [2.75, 3.05) is 0 Å². The summed E-state index contributed by atoms with van der Waals surface area (Å²) in [6.07, 6.45) is 0. The van der Waals surface area contributed by atoms with Crippen LogP contribution in [0.15, 0.2) is 54.6 Å². The van der Waals surface area contributed by atoms with Crippen molar-refractivity contribution in [3.8, 4) is 0 Å². The molecule has 0 aliphatic heterocycles. The number of hydrogen-bond acceptors (Lipinski definition) is 0.